The van der Waals surface area contributed by atoms with Gasteiger partial charge >= 0.3 is 43.0 Å². The second kappa shape index (κ2) is 17.8. The smallest absolute Gasteiger partial charge is 0.434 e. The minimum atomic E-state index is -5.77. The molecule has 11 nitrogen and oxygen atoms in total. The third-order valence-corrected chi connectivity index (χ3v) is 6.87. The Kier molecular flexibility index (Phi) is 16.7. The summed E-state index contributed by atoms with van der Waals surface area (Å²) in [4.78, 5) is 35.9. The van der Waals surface area contributed by atoms with E-state index < -0.39 is 65.8 Å². The summed E-state index contributed by atoms with van der Waals surface area (Å²) in [5.74, 6) is 0. The van der Waals surface area contributed by atoms with Crippen LogP contribution in [0.25, 0.3) is 0 Å². The number of alkyl halides is 12. The molecule has 0 aromatic carbocycles. The molecule has 52 heavy (non-hydrogen) atoms. The molecule has 0 aliphatic carbocycles. The van der Waals surface area contributed by atoms with Crippen molar-refractivity contribution in [2.75, 3.05) is 26.2 Å². The molecule has 2 rings (SSSR count). The molecular weight excluding hydrogens is 744 g/mol. The molecule has 0 unspecified atom stereocenters. The van der Waals surface area contributed by atoms with Crippen LogP contribution >= 0.6 is 0 Å². The zero-order chi connectivity index (χ0) is 41.4. The number of rotatable bonds is 3. The average molecular weight is 791 g/mol. The lowest BCUT2D eigenvalue weighted by Gasteiger charge is -2.40. The normalized spacial score (nSPS) is 18.2. The van der Waals surface area contributed by atoms with Gasteiger partial charge in [0.2, 0.25) is 6.10 Å². The van der Waals surface area contributed by atoms with Gasteiger partial charge in [-0.1, -0.05) is 0 Å². The van der Waals surface area contributed by atoms with Crippen LogP contribution in [0.4, 0.5) is 67.1 Å². The van der Waals surface area contributed by atoms with Crippen LogP contribution in [0, 0.1) is 0 Å². The number of nitrogens with zero attached hydrogens (tertiary/aromatic N) is 1. The predicted octanol–water partition coefficient (Wildman–Crippen LogP) is 7.12. The summed E-state index contributed by atoms with van der Waals surface area (Å²) < 4.78 is 155. The Hall–Kier alpha value is -3.11. The fourth-order valence-corrected chi connectivity index (χ4v) is 4.19. The fourth-order valence-electron chi connectivity index (χ4n) is 4.19. The maximum absolute atomic E-state index is 12.5. The third-order valence-electron chi connectivity index (χ3n) is 6.87. The summed E-state index contributed by atoms with van der Waals surface area (Å²) in [6.45, 7) is 15.8. The number of aliphatic hydroxyl groups is 1. The van der Waals surface area contributed by atoms with Gasteiger partial charge in [-0.05, 0) is 94.2 Å². The lowest BCUT2D eigenvalue weighted by molar-refractivity contribution is -0.309. The lowest BCUT2D eigenvalue weighted by Crippen LogP contribution is -2.56. The monoisotopic (exact) mass is 790 g/mol. The number of carbonyl (C=O) groups is 3. The van der Waals surface area contributed by atoms with Crippen LogP contribution in [0.3, 0.4) is 0 Å². The van der Waals surface area contributed by atoms with Crippen LogP contribution in [-0.2, 0) is 14.2 Å². The summed E-state index contributed by atoms with van der Waals surface area (Å²) in [5, 5.41) is 16.3. The van der Waals surface area contributed by atoms with Crippen LogP contribution in [0.2, 0.25) is 0 Å². The Morgan fingerprint density at radius 3 is 1.23 bits per heavy atom. The number of alkyl carbamates (subject to hydrolysis) is 2. The minimum Gasteiger partial charge on any atom is -0.444 e. The van der Waals surface area contributed by atoms with Gasteiger partial charge in [-0.2, -0.15) is 52.7 Å². The molecular formula is C29H46F12N4O7. The molecule has 308 valence electrons. The Labute approximate surface area is 292 Å². The van der Waals surface area contributed by atoms with E-state index >= 15 is 0 Å². The number of aliphatic hydroxyl groups excluding tert-OH is 1. The van der Waals surface area contributed by atoms with E-state index in [4.69, 9.17) is 14.6 Å². The van der Waals surface area contributed by atoms with Gasteiger partial charge in [-0.15, -0.1) is 0 Å². The molecule has 3 amide bonds. The summed E-state index contributed by atoms with van der Waals surface area (Å²) in [6, 6.07) is 0. The number of nitrogens with one attached hydrogen (secondary N) is 3. The first-order chi connectivity index (χ1) is 22.9. The summed E-state index contributed by atoms with van der Waals surface area (Å²) >= 11 is 0. The molecule has 0 radical (unpaired) electrons. The predicted molar refractivity (Wildman–Crippen MR) is 159 cm³/mol. The third kappa shape index (κ3) is 19.6. The number of carbonyl (C=O) groups excluding carboxylic acids is 3. The highest BCUT2D eigenvalue weighted by Gasteiger charge is 2.60. The first-order valence-electron chi connectivity index (χ1n) is 15.5. The van der Waals surface area contributed by atoms with E-state index in [1.807, 2.05) is 20.8 Å². The standard InChI is InChI=1S/C15H22F6N2O4.C11H22N2O2.C3H2F6O/c1-12(2,3)27-10(24)22-13(4)5-7-23(8-6-13)11(25)26-9(14(16,17)18)15(19,20)21;1-10(2,3)15-9(14)13-11(4)5-7-12-8-6-11;4-2(5,6)1(10)3(7,8)9/h9H,5-8H2,1-4H3,(H,22,24);12H,5-8H2,1-4H3,(H,13,14);1,10H. The SMILES string of the molecule is CC1(NC(=O)OC(C)(C)C)CCN(C(=O)OC(C(F)(F)F)C(F)(F)F)CC1.CC1(NC(=O)OC(C)(C)C)CCNCC1.OC(C(F)(F)F)C(F)(F)F. The zero-order valence-corrected chi connectivity index (χ0v) is 29.7. The largest absolute Gasteiger partial charge is 0.444 e. The highest BCUT2D eigenvalue weighted by Crippen LogP contribution is 2.36. The highest BCUT2D eigenvalue weighted by molar-refractivity contribution is 5.70. The quantitative estimate of drug-likeness (QED) is 0.175. The molecule has 0 saturated carbocycles. The van der Waals surface area contributed by atoms with Crippen LogP contribution in [0.15, 0.2) is 0 Å². The second-order valence-electron chi connectivity index (χ2n) is 14.4. The Balaban J connectivity index is 0.000000867. The molecule has 4 N–H and O–H groups in total. The molecule has 0 bridgehead atoms. The van der Waals surface area contributed by atoms with Crippen LogP contribution in [0.1, 0.15) is 81.1 Å². The van der Waals surface area contributed by atoms with E-state index in [0.29, 0.717) is 0 Å². The molecule has 0 aromatic heterocycles. The summed E-state index contributed by atoms with van der Waals surface area (Å²) in [5.41, 5.74) is -2.11. The fraction of sp³-hybridized carbons (Fsp3) is 0.897. The maximum Gasteiger partial charge on any atom is 0.434 e. The first kappa shape index (κ1) is 48.9. The lowest BCUT2D eigenvalue weighted by atomic mass is 9.90. The van der Waals surface area contributed by atoms with E-state index in [-0.39, 0.29) is 37.6 Å². The topological polar surface area (TPSA) is 138 Å². The van der Waals surface area contributed by atoms with Crippen molar-refractivity contribution in [3.63, 3.8) is 0 Å². The second-order valence-corrected chi connectivity index (χ2v) is 14.4. The highest BCUT2D eigenvalue weighted by atomic mass is 19.4. The van der Waals surface area contributed by atoms with Crippen molar-refractivity contribution in [1.29, 1.82) is 0 Å². The number of ether oxygens (including phenoxy) is 3. The van der Waals surface area contributed by atoms with Crippen molar-refractivity contribution >= 4 is 18.3 Å². The molecule has 2 fully saturated rings. The number of halogens is 12. The van der Waals surface area contributed by atoms with Crippen LogP contribution < -0.4 is 16.0 Å². The van der Waals surface area contributed by atoms with Gasteiger partial charge in [0.15, 0.2) is 0 Å². The Morgan fingerprint density at radius 2 is 0.962 bits per heavy atom. The molecule has 2 saturated heterocycles. The van der Waals surface area contributed by atoms with Crippen molar-refractivity contribution < 1.29 is 86.4 Å². The molecule has 23 heteroatoms. The number of amides is 3. The number of piperidine rings is 2. The number of hydrogen-bond acceptors (Lipinski definition) is 8. The van der Waals surface area contributed by atoms with Crippen molar-refractivity contribution in [2.24, 2.45) is 0 Å². The molecule has 2 heterocycles. The van der Waals surface area contributed by atoms with E-state index in [9.17, 15) is 67.1 Å². The molecule has 0 spiro atoms. The van der Waals surface area contributed by atoms with Crippen molar-refractivity contribution in [2.45, 2.75) is 140 Å². The van der Waals surface area contributed by atoms with E-state index in [1.54, 1.807) is 27.7 Å². The van der Waals surface area contributed by atoms with Crippen molar-refractivity contribution in [3.05, 3.63) is 0 Å². The molecule has 2 aliphatic heterocycles. The van der Waals surface area contributed by atoms with Gasteiger partial charge in [0.1, 0.15) is 11.2 Å². The summed E-state index contributed by atoms with van der Waals surface area (Å²) in [6.07, 6.45) is -31.8. The van der Waals surface area contributed by atoms with Crippen LogP contribution in [0.5, 0.6) is 0 Å². The van der Waals surface area contributed by atoms with Gasteiger partial charge in [0.25, 0.3) is 6.10 Å². The van der Waals surface area contributed by atoms with E-state index in [1.165, 1.54) is 0 Å². The van der Waals surface area contributed by atoms with Gasteiger partial charge in [-0.3, -0.25) is 0 Å². The Bertz CT molecular complexity index is 1120. The summed E-state index contributed by atoms with van der Waals surface area (Å²) in [7, 11) is 0. The number of likely N-dealkylation sites (tertiary alicyclic amines) is 1. The minimum absolute atomic E-state index is 0.101. The molecule has 2 aliphatic rings. The van der Waals surface area contributed by atoms with Crippen LogP contribution in [-0.4, -0.2) is 114 Å². The van der Waals surface area contributed by atoms with Crippen molar-refractivity contribution in [1.82, 2.24) is 20.9 Å². The number of hydrogen-bond donors (Lipinski definition) is 4. The Morgan fingerprint density at radius 1 is 0.635 bits per heavy atom. The average Bonchev–Trinajstić information content (AvgIpc) is 2.87. The maximum atomic E-state index is 12.5. The zero-order valence-electron chi connectivity index (χ0n) is 29.7. The van der Waals surface area contributed by atoms with Gasteiger partial charge in [-0.25, -0.2) is 14.4 Å². The first-order valence-corrected chi connectivity index (χ1v) is 15.5. The van der Waals surface area contributed by atoms with E-state index in [2.05, 4.69) is 27.6 Å². The molecule has 0 atom stereocenters. The molecule has 0 aromatic rings. The van der Waals surface area contributed by atoms with E-state index in [0.717, 1.165) is 30.8 Å². The van der Waals surface area contributed by atoms with Gasteiger partial charge in [0, 0.05) is 24.2 Å². The van der Waals surface area contributed by atoms with Crippen molar-refractivity contribution in [3.8, 4) is 0 Å². The van der Waals surface area contributed by atoms with Gasteiger partial charge < -0.3 is 40.2 Å². The van der Waals surface area contributed by atoms with Gasteiger partial charge in [0.05, 0.1) is 0 Å².